The Morgan fingerprint density at radius 2 is 1.62 bits per heavy atom. The Labute approximate surface area is 173 Å². The van der Waals surface area contributed by atoms with Gasteiger partial charge in [-0.2, -0.15) is 0 Å². The summed E-state index contributed by atoms with van der Waals surface area (Å²) in [5.74, 6) is 1.64. The number of unbranched alkanes of at least 4 members (excludes halogenated alkanes) is 2. The molecular weight excluding hydrogens is 366 g/mol. The van der Waals surface area contributed by atoms with Crippen LogP contribution in [-0.4, -0.2) is 37.4 Å². The first-order chi connectivity index (χ1) is 13.9. The molecule has 3 rings (SSSR count). The molecule has 2 aromatic carbocycles. The Morgan fingerprint density at radius 1 is 0.966 bits per heavy atom. The molecule has 29 heavy (non-hydrogen) atoms. The van der Waals surface area contributed by atoms with Crippen molar-refractivity contribution >= 4 is 16.7 Å². The standard InChI is InChI=1S/C24H33NO4/c1-24(2,3)29-23(26)7-5-4-6-13-27-21-10-8-18-9-11-22(16-19(18)15-21)28-14-12-20-17-25-20/h8-11,15-16,20,25H,4-7,12-14,17H2,1-3H3/t20-/m1/s1. The van der Waals surface area contributed by atoms with E-state index in [1.807, 2.05) is 32.9 Å². The molecule has 1 fully saturated rings. The molecule has 0 unspecified atom stereocenters. The van der Waals surface area contributed by atoms with Crippen LogP contribution in [0.3, 0.4) is 0 Å². The molecule has 5 nitrogen and oxygen atoms in total. The van der Waals surface area contributed by atoms with Crippen LogP contribution in [0.15, 0.2) is 36.4 Å². The van der Waals surface area contributed by atoms with E-state index >= 15 is 0 Å². The molecule has 0 bridgehead atoms. The number of hydrogen-bond acceptors (Lipinski definition) is 5. The minimum atomic E-state index is -0.407. The van der Waals surface area contributed by atoms with Gasteiger partial charge in [-0.1, -0.05) is 12.1 Å². The zero-order valence-corrected chi connectivity index (χ0v) is 17.8. The fraction of sp³-hybridized carbons (Fsp3) is 0.542. The van der Waals surface area contributed by atoms with Gasteiger partial charge in [0.05, 0.1) is 13.2 Å². The second-order valence-electron chi connectivity index (χ2n) is 8.66. The number of benzene rings is 2. The highest BCUT2D eigenvalue weighted by atomic mass is 16.6. The summed E-state index contributed by atoms with van der Waals surface area (Å²) in [6.07, 6.45) is 4.20. The van der Waals surface area contributed by atoms with E-state index in [0.717, 1.165) is 55.7 Å². The lowest BCUT2D eigenvalue weighted by Gasteiger charge is -2.19. The van der Waals surface area contributed by atoms with E-state index in [1.54, 1.807) is 0 Å². The normalized spacial score (nSPS) is 15.9. The molecule has 0 radical (unpaired) electrons. The molecule has 0 spiro atoms. The van der Waals surface area contributed by atoms with Gasteiger partial charge in [-0.15, -0.1) is 0 Å². The first kappa shape index (κ1) is 21.4. The molecule has 1 aliphatic rings. The summed E-state index contributed by atoms with van der Waals surface area (Å²) in [6, 6.07) is 13.0. The number of esters is 1. The van der Waals surface area contributed by atoms with Gasteiger partial charge in [-0.05, 0) is 81.5 Å². The van der Waals surface area contributed by atoms with Crippen molar-refractivity contribution in [3.05, 3.63) is 36.4 Å². The summed E-state index contributed by atoms with van der Waals surface area (Å²) in [7, 11) is 0. The second kappa shape index (κ2) is 9.97. The molecule has 1 atom stereocenters. The summed E-state index contributed by atoms with van der Waals surface area (Å²) in [6.45, 7) is 8.17. The monoisotopic (exact) mass is 399 g/mol. The lowest BCUT2D eigenvalue weighted by Crippen LogP contribution is -2.23. The Bertz CT molecular complexity index is 808. The minimum Gasteiger partial charge on any atom is -0.494 e. The van der Waals surface area contributed by atoms with E-state index < -0.39 is 5.60 Å². The van der Waals surface area contributed by atoms with Crippen LogP contribution < -0.4 is 14.8 Å². The molecule has 0 saturated carbocycles. The van der Waals surface area contributed by atoms with E-state index in [-0.39, 0.29) is 5.97 Å². The third kappa shape index (κ3) is 7.94. The Balaban J connectivity index is 1.38. The first-order valence-electron chi connectivity index (χ1n) is 10.6. The summed E-state index contributed by atoms with van der Waals surface area (Å²) < 4.78 is 17.1. The van der Waals surface area contributed by atoms with Gasteiger partial charge < -0.3 is 19.5 Å². The number of fused-ring (bicyclic) bond motifs is 1. The average Bonchev–Trinajstić information content (AvgIpc) is 3.47. The van der Waals surface area contributed by atoms with Crippen LogP contribution in [0.25, 0.3) is 10.8 Å². The van der Waals surface area contributed by atoms with Crippen molar-refractivity contribution in [2.24, 2.45) is 0 Å². The Kier molecular flexibility index (Phi) is 7.37. The van der Waals surface area contributed by atoms with E-state index in [1.165, 1.54) is 5.39 Å². The van der Waals surface area contributed by atoms with Crippen molar-refractivity contribution < 1.29 is 19.0 Å². The molecule has 0 amide bonds. The zero-order valence-electron chi connectivity index (χ0n) is 17.8. The molecule has 158 valence electrons. The van der Waals surface area contributed by atoms with Crippen molar-refractivity contribution in [2.45, 2.75) is 64.5 Å². The van der Waals surface area contributed by atoms with Gasteiger partial charge >= 0.3 is 5.97 Å². The summed E-state index contributed by atoms with van der Waals surface area (Å²) in [4.78, 5) is 11.7. The van der Waals surface area contributed by atoms with Crippen molar-refractivity contribution in [3.8, 4) is 11.5 Å². The lowest BCUT2D eigenvalue weighted by molar-refractivity contribution is -0.154. The number of ether oxygens (including phenoxy) is 3. The number of rotatable bonds is 11. The number of carbonyl (C=O) groups is 1. The smallest absolute Gasteiger partial charge is 0.306 e. The first-order valence-corrected chi connectivity index (χ1v) is 10.6. The Hall–Kier alpha value is -2.27. The Morgan fingerprint density at radius 3 is 2.24 bits per heavy atom. The maximum atomic E-state index is 11.7. The van der Waals surface area contributed by atoms with Crippen molar-refractivity contribution in [1.29, 1.82) is 0 Å². The van der Waals surface area contributed by atoms with E-state index in [0.29, 0.717) is 19.1 Å². The molecule has 1 N–H and O–H groups in total. The number of hydrogen-bond donors (Lipinski definition) is 1. The van der Waals surface area contributed by atoms with Crippen LogP contribution >= 0.6 is 0 Å². The topological polar surface area (TPSA) is 66.7 Å². The van der Waals surface area contributed by atoms with Crippen molar-refractivity contribution in [2.75, 3.05) is 19.8 Å². The molecular formula is C24H33NO4. The molecule has 1 aliphatic heterocycles. The lowest BCUT2D eigenvalue weighted by atomic mass is 10.1. The highest BCUT2D eigenvalue weighted by molar-refractivity contribution is 5.85. The molecule has 0 aromatic heterocycles. The molecule has 5 heteroatoms. The molecule has 1 heterocycles. The second-order valence-corrected chi connectivity index (χ2v) is 8.66. The fourth-order valence-corrected chi connectivity index (χ4v) is 3.12. The minimum absolute atomic E-state index is 0.126. The largest absolute Gasteiger partial charge is 0.494 e. The number of carbonyl (C=O) groups excluding carboxylic acids is 1. The van der Waals surface area contributed by atoms with Crippen LogP contribution in [0.1, 0.15) is 52.9 Å². The van der Waals surface area contributed by atoms with Gasteiger partial charge in [0.15, 0.2) is 0 Å². The van der Waals surface area contributed by atoms with Gasteiger partial charge in [0.25, 0.3) is 0 Å². The van der Waals surface area contributed by atoms with E-state index in [2.05, 4.69) is 29.6 Å². The van der Waals surface area contributed by atoms with Crippen molar-refractivity contribution in [3.63, 3.8) is 0 Å². The molecule has 1 saturated heterocycles. The van der Waals surface area contributed by atoms with Crippen LogP contribution in [0, 0.1) is 0 Å². The van der Waals surface area contributed by atoms with Crippen LogP contribution in [0.2, 0.25) is 0 Å². The third-order valence-electron chi connectivity index (χ3n) is 4.73. The van der Waals surface area contributed by atoms with Gasteiger partial charge in [0.2, 0.25) is 0 Å². The molecule has 0 aliphatic carbocycles. The third-order valence-corrected chi connectivity index (χ3v) is 4.73. The molecule has 2 aromatic rings. The predicted molar refractivity (Wildman–Crippen MR) is 116 cm³/mol. The highest BCUT2D eigenvalue weighted by Gasteiger charge is 2.19. The fourth-order valence-electron chi connectivity index (χ4n) is 3.12. The highest BCUT2D eigenvalue weighted by Crippen LogP contribution is 2.25. The number of nitrogens with one attached hydrogen (secondary N) is 1. The predicted octanol–water partition coefficient (Wildman–Crippen LogP) is 4.86. The van der Waals surface area contributed by atoms with Gasteiger partial charge in [0, 0.05) is 19.0 Å². The van der Waals surface area contributed by atoms with Gasteiger partial charge in [-0.25, -0.2) is 0 Å². The summed E-state index contributed by atoms with van der Waals surface area (Å²) >= 11 is 0. The average molecular weight is 400 g/mol. The van der Waals surface area contributed by atoms with E-state index in [9.17, 15) is 4.79 Å². The van der Waals surface area contributed by atoms with Crippen LogP contribution in [0.5, 0.6) is 11.5 Å². The van der Waals surface area contributed by atoms with Crippen LogP contribution in [0.4, 0.5) is 0 Å². The SMILES string of the molecule is CC(C)(C)OC(=O)CCCCCOc1ccc2ccc(OCC[C@@H]3CN3)cc2c1. The van der Waals surface area contributed by atoms with E-state index in [4.69, 9.17) is 14.2 Å². The van der Waals surface area contributed by atoms with Crippen molar-refractivity contribution in [1.82, 2.24) is 5.32 Å². The quantitative estimate of drug-likeness (QED) is 0.332. The zero-order chi connectivity index (χ0) is 20.7. The maximum Gasteiger partial charge on any atom is 0.306 e. The maximum absolute atomic E-state index is 11.7. The van der Waals surface area contributed by atoms with Gasteiger partial charge in [0.1, 0.15) is 17.1 Å². The summed E-state index contributed by atoms with van der Waals surface area (Å²) in [5.41, 5.74) is -0.407. The summed E-state index contributed by atoms with van der Waals surface area (Å²) in [5, 5.41) is 5.58. The van der Waals surface area contributed by atoms with Gasteiger partial charge in [-0.3, -0.25) is 4.79 Å². The van der Waals surface area contributed by atoms with Crippen LogP contribution in [-0.2, 0) is 9.53 Å².